The van der Waals surface area contributed by atoms with Gasteiger partial charge in [-0.15, -0.1) is 0 Å². The lowest BCUT2D eigenvalue weighted by Gasteiger charge is -2.23. The Morgan fingerprint density at radius 1 is 1.03 bits per heavy atom. The van der Waals surface area contributed by atoms with Gasteiger partial charge in [0.05, 0.1) is 42.9 Å². The maximum atomic E-state index is 12.7. The van der Waals surface area contributed by atoms with E-state index in [0.29, 0.717) is 29.6 Å². The van der Waals surface area contributed by atoms with Crippen LogP contribution in [0.3, 0.4) is 0 Å². The van der Waals surface area contributed by atoms with Gasteiger partial charge in [-0.1, -0.05) is 30.3 Å². The van der Waals surface area contributed by atoms with E-state index in [0.717, 1.165) is 22.0 Å². The largest absolute Gasteiger partial charge is 0.493 e. The van der Waals surface area contributed by atoms with E-state index in [1.165, 1.54) is 0 Å². The van der Waals surface area contributed by atoms with Crippen LogP contribution in [0.2, 0.25) is 0 Å². The molecular weight excluding hydrogens is 456 g/mol. The first-order chi connectivity index (χ1) is 17.6. The number of nitrogens with zero attached hydrogens (tertiary/aromatic N) is 3. The van der Waals surface area contributed by atoms with Crippen LogP contribution in [0, 0.1) is 0 Å². The maximum absolute atomic E-state index is 12.7. The predicted molar refractivity (Wildman–Crippen MR) is 137 cm³/mol. The van der Waals surface area contributed by atoms with Crippen LogP contribution < -0.4 is 19.5 Å². The average Bonchev–Trinajstić information content (AvgIpc) is 3.31. The Morgan fingerprint density at radius 2 is 1.83 bits per heavy atom. The van der Waals surface area contributed by atoms with Crippen molar-refractivity contribution < 1.29 is 19.0 Å². The zero-order valence-electron chi connectivity index (χ0n) is 20.5. The van der Waals surface area contributed by atoms with Crippen LogP contribution in [0.15, 0.2) is 72.9 Å². The number of amides is 2. The lowest BCUT2D eigenvalue weighted by atomic mass is 10.1. The van der Waals surface area contributed by atoms with E-state index in [1.807, 2.05) is 78.6 Å². The van der Waals surface area contributed by atoms with E-state index in [-0.39, 0.29) is 24.7 Å². The molecule has 0 bridgehead atoms. The van der Waals surface area contributed by atoms with Gasteiger partial charge in [-0.05, 0) is 48.9 Å². The summed E-state index contributed by atoms with van der Waals surface area (Å²) in [6.07, 6.45) is 1.74. The molecule has 1 aliphatic heterocycles. The zero-order chi connectivity index (χ0) is 25.1. The normalized spacial score (nSPS) is 16.0. The van der Waals surface area contributed by atoms with Gasteiger partial charge in [0.15, 0.2) is 11.5 Å². The SMILES string of the molecule is COc1ccc(-c2cc3ncccc3c(OC[C@H]3CN([C@H](C)c4ccccc4)C(=O)N3)n2)cc1OC. The fraction of sp³-hybridized carbons (Fsp3) is 0.250. The van der Waals surface area contributed by atoms with Crippen molar-refractivity contribution in [1.29, 1.82) is 0 Å². The molecule has 0 spiro atoms. The van der Waals surface area contributed by atoms with Gasteiger partial charge in [0, 0.05) is 18.3 Å². The summed E-state index contributed by atoms with van der Waals surface area (Å²) in [4.78, 5) is 23.8. The molecule has 36 heavy (non-hydrogen) atoms. The summed E-state index contributed by atoms with van der Waals surface area (Å²) in [5, 5.41) is 3.84. The minimum absolute atomic E-state index is 0.0345. The number of methoxy groups -OCH3 is 2. The average molecular weight is 485 g/mol. The summed E-state index contributed by atoms with van der Waals surface area (Å²) in [5.41, 5.74) is 3.41. The van der Waals surface area contributed by atoms with Gasteiger partial charge in [0.2, 0.25) is 5.88 Å². The van der Waals surface area contributed by atoms with Crippen LogP contribution in [-0.2, 0) is 0 Å². The summed E-state index contributed by atoms with van der Waals surface area (Å²) in [6, 6.07) is 21.0. The van der Waals surface area contributed by atoms with Crippen molar-refractivity contribution >= 4 is 16.9 Å². The van der Waals surface area contributed by atoms with Crippen LogP contribution in [0.4, 0.5) is 4.79 Å². The molecule has 2 aromatic carbocycles. The first-order valence-corrected chi connectivity index (χ1v) is 11.8. The topological polar surface area (TPSA) is 85.8 Å². The van der Waals surface area contributed by atoms with Crippen molar-refractivity contribution in [3.05, 3.63) is 78.5 Å². The molecule has 0 saturated carbocycles. The number of hydrogen-bond donors (Lipinski definition) is 1. The Hall–Kier alpha value is -4.33. The molecule has 1 aliphatic rings. The van der Waals surface area contributed by atoms with Crippen molar-refractivity contribution in [3.8, 4) is 28.6 Å². The second-order valence-electron chi connectivity index (χ2n) is 8.65. The molecule has 0 unspecified atom stereocenters. The van der Waals surface area contributed by atoms with Crippen molar-refractivity contribution in [2.45, 2.75) is 19.0 Å². The molecule has 1 fully saturated rings. The number of urea groups is 1. The minimum atomic E-state index is -0.165. The first-order valence-electron chi connectivity index (χ1n) is 11.8. The molecule has 2 atom stereocenters. The highest BCUT2D eigenvalue weighted by Crippen LogP contribution is 2.34. The van der Waals surface area contributed by atoms with Crippen molar-refractivity contribution in [2.24, 2.45) is 0 Å². The predicted octanol–water partition coefficient (Wildman–Crippen LogP) is 4.85. The smallest absolute Gasteiger partial charge is 0.318 e. The highest BCUT2D eigenvalue weighted by atomic mass is 16.5. The summed E-state index contributed by atoms with van der Waals surface area (Å²) >= 11 is 0. The Balaban J connectivity index is 1.37. The van der Waals surface area contributed by atoms with Gasteiger partial charge >= 0.3 is 6.03 Å². The van der Waals surface area contributed by atoms with Gasteiger partial charge in [-0.2, -0.15) is 0 Å². The number of hydrogen-bond acceptors (Lipinski definition) is 6. The number of carbonyl (C=O) groups is 1. The molecule has 8 heteroatoms. The lowest BCUT2D eigenvalue weighted by Crippen LogP contribution is -2.32. The number of rotatable bonds is 8. The molecule has 1 saturated heterocycles. The van der Waals surface area contributed by atoms with Crippen LogP contribution in [0.25, 0.3) is 22.2 Å². The Labute approximate surface area is 209 Å². The molecule has 3 heterocycles. The zero-order valence-corrected chi connectivity index (χ0v) is 20.5. The summed E-state index contributed by atoms with van der Waals surface area (Å²) in [7, 11) is 3.20. The van der Waals surface area contributed by atoms with E-state index in [9.17, 15) is 4.79 Å². The summed E-state index contributed by atoms with van der Waals surface area (Å²) < 4.78 is 17.0. The van der Waals surface area contributed by atoms with E-state index >= 15 is 0 Å². The Bertz CT molecular complexity index is 1380. The Kier molecular flexibility index (Phi) is 6.58. The minimum Gasteiger partial charge on any atom is -0.493 e. The van der Waals surface area contributed by atoms with Gasteiger partial charge in [-0.3, -0.25) is 4.98 Å². The third-order valence-electron chi connectivity index (χ3n) is 6.42. The summed E-state index contributed by atoms with van der Waals surface area (Å²) in [6.45, 7) is 2.86. The molecule has 2 amide bonds. The first kappa shape index (κ1) is 23.4. The molecule has 2 aromatic heterocycles. The molecule has 5 rings (SSSR count). The summed E-state index contributed by atoms with van der Waals surface area (Å²) in [5.74, 6) is 1.72. The van der Waals surface area contributed by atoms with Crippen molar-refractivity contribution in [2.75, 3.05) is 27.4 Å². The van der Waals surface area contributed by atoms with E-state index in [2.05, 4.69) is 10.3 Å². The molecular formula is C28H28N4O4. The van der Waals surface area contributed by atoms with Crippen LogP contribution in [0.1, 0.15) is 18.5 Å². The van der Waals surface area contributed by atoms with Gasteiger partial charge in [-0.25, -0.2) is 9.78 Å². The molecule has 1 N–H and O–H groups in total. The van der Waals surface area contributed by atoms with Crippen LogP contribution in [0.5, 0.6) is 17.4 Å². The third-order valence-corrected chi connectivity index (χ3v) is 6.42. The van der Waals surface area contributed by atoms with Gasteiger partial charge in [0.25, 0.3) is 0 Å². The monoisotopic (exact) mass is 484 g/mol. The molecule has 8 nitrogen and oxygen atoms in total. The molecule has 184 valence electrons. The van der Waals surface area contributed by atoms with Crippen molar-refractivity contribution in [1.82, 2.24) is 20.2 Å². The molecule has 4 aromatic rings. The Morgan fingerprint density at radius 3 is 2.61 bits per heavy atom. The molecule has 0 aliphatic carbocycles. The standard InChI is InChI=1S/C28H28N4O4/c1-18(19-8-5-4-6-9-19)32-16-21(30-28(32)33)17-36-27-22-10-7-13-29-24(22)15-23(31-27)20-11-12-25(34-2)26(14-20)35-3/h4-15,18,21H,16-17H2,1-3H3,(H,30,33)/t18-,21-/m1/s1. The number of pyridine rings is 2. The van der Waals surface area contributed by atoms with E-state index in [1.54, 1.807) is 20.4 Å². The number of benzene rings is 2. The van der Waals surface area contributed by atoms with E-state index < -0.39 is 0 Å². The maximum Gasteiger partial charge on any atom is 0.318 e. The molecule has 0 radical (unpaired) electrons. The number of nitrogens with one attached hydrogen (secondary N) is 1. The van der Waals surface area contributed by atoms with Crippen LogP contribution in [-0.4, -0.2) is 54.3 Å². The second kappa shape index (κ2) is 10.1. The van der Waals surface area contributed by atoms with Gasteiger partial charge in [0.1, 0.15) is 6.61 Å². The third kappa shape index (κ3) is 4.62. The highest BCUT2D eigenvalue weighted by Gasteiger charge is 2.33. The fourth-order valence-corrected chi connectivity index (χ4v) is 4.44. The number of carbonyl (C=O) groups excluding carboxylic acids is 1. The van der Waals surface area contributed by atoms with Crippen molar-refractivity contribution in [3.63, 3.8) is 0 Å². The number of ether oxygens (including phenoxy) is 3. The van der Waals surface area contributed by atoms with Crippen LogP contribution >= 0.6 is 0 Å². The lowest BCUT2D eigenvalue weighted by molar-refractivity contribution is 0.201. The number of fused-ring (bicyclic) bond motifs is 1. The highest BCUT2D eigenvalue weighted by molar-refractivity contribution is 5.87. The second-order valence-corrected chi connectivity index (χ2v) is 8.65. The fourth-order valence-electron chi connectivity index (χ4n) is 4.44. The van der Waals surface area contributed by atoms with Gasteiger partial charge < -0.3 is 24.4 Å². The number of aromatic nitrogens is 2. The van der Waals surface area contributed by atoms with E-state index in [4.69, 9.17) is 19.2 Å². The quantitative estimate of drug-likeness (QED) is 0.385.